The number of hydrogen-bond acceptors (Lipinski definition) is 1. The summed E-state index contributed by atoms with van der Waals surface area (Å²) in [5.41, 5.74) is -6.72. The van der Waals surface area contributed by atoms with Crippen LogP contribution in [0.5, 0.6) is 0 Å². The third-order valence-corrected chi connectivity index (χ3v) is 4.67. The van der Waals surface area contributed by atoms with Crippen LogP contribution in [-0.4, -0.2) is 79.4 Å². The van der Waals surface area contributed by atoms with Gasteiger partial charge in [-0.25, -0.2) is 8.78 Å². The minimum atomic E-state index is -9.16. The highest BCUT2D eigenvalue weighted by molar-refractivity contribution is 6.37. The summed E-state index contributed by atoms with van der Waals surface area (Å²) in [5.74, 6) is -70.2. The zero-order chi connectivity index (χ0) is 28.4. The van der Waals surface area contributed by atoms with Gasteiger partial charge in [0.05, 0.1) is 0 Å². The summed E-state index contributed by atoms with van der Waals surface area (Å²) in [5, 5.41) is 0. The summed E-state index contributed by atoms with van der Waals surface area (Å²) < 4.78 is 275. The Labute approximate surface area is 177 Å². The average Bonchev–Trinajstić information content (AvgIpc) is 2.59. The summed E-state index contributed by atoms with van der Waals surface area (Å²) in [6.07, 6.45) is -8.00. The van der Waals surface area contributed by atoms with Crippen LogP contribution in [0, 0.1) is 0 Å². The third-order valence-electron chi connectivity index (χ3n) is 3.69. The zero-order valence-electron chi connectivity index (χ0n) is 14.3. The lowest BCUT2D eigenvalue weighted by Gasteiger charge is -2.44. The maximum atomic E-state index is 13.4. The van der Waals surface area contributed by atoms with Gasteiger partial charge >= 0.3 is 68.9 Å². The molecule has 0 aromatic rings. The number of rotatable bonds is 10. The van der Waals surface area contributed by atoms with Crippen molar-refractivity contribution in [3.63, 3.8) is 0 Å². The Morgan fingerprint density at radius 2 is 0.559 bits per heavy atom. The monoisotopic (exact) mass is 591 g/mol. The van der Waals surface area contributed by atoms with Crippen LogP contribution in [-0.2, 0) is 4.12 Å². The van der Waals surface area contributed by atoms with Gasteiger partial charge in [-0.3, -0.25) is 0 Å². The predicted molar refractivity (Wildman–Crippen MR) is 63.2 cm³/mol. The molecule has 0 rings (SSSR count). The van der Waals surface area contributed by atoms with Gasteiger partial charge in [-0.1, -0.05) is 0 Å². The summed E-state index contributed by atoms with van der Waals surface area (Å²) >= 11 is 0. The summed E-state index contributed by atoms with van der Waals surface area (Å²) in [6, 6.07) is 0. The molecule has 0 atom stereocenters. The lowest BCUT2D eigenvalue weighted by atomic mass is 9.87. The Morgan fingerprint density at radius 3 is 0.765 bits per heavy atom. The second-order valence-electron chi connectivity index (χ2n) is 5.87. The Hall–Kier alpha value is -1.08. The van der Waals surface area contributed by atoms with Gasteiger partial charge in [-0.05, 0) is 0 Å². The van der Waals surface area contributed by atoms with E-state index in [0.29, 0.717) is 0 Å². The van der Waals surface area contributed by atoms with E-state index in [-0.39, 0.29) is 0 Å². The molecule has 1 nitrogen and oxygen atoms in total. The minimum Gasteiger partial charge on any atom is -0.453 e. The SMILES string of the molecule is FC(F)(F)C(F)(F)C(F)(F)C(F)(F)C(F)(F)C(F)(F)C(F)(F)C(F)(F)C(F)(F)C(F)(F)[Si]O[Si]. The number of halogens is 21. The molecule has 0 aromatic heterocycles. The Balaban J connectivity index is 7.01. The first kappa shape index (κ1) is 32.9. The Morgan fingerprint density at radius 1 is 0.353 bits per heavy atom. The molecule has 0 bridgehead atoms. The molecular formula is C10F21OSi2. The van der Waals surface area contributed by atoms with Crippen molar-refractivity contribution in [1.29, 1.82) is 0 Å². The molecule has 0 amide bonds. The third kappa shape index (κ3) is 3.93. The van der Waals surface area contributed by atoms with Crippen molar-refractivity contribution in [2.75, 3.05) is 0 Å². The van der Waals surface area contributed by atoms with E-state index in [1.165, 1.54) is 10.5 Å². The van der Waals surface area contributed by atoms with E-state index in [1.54, 1.807) is 0 Å². The highest BCUT2D eigenvalue weighted by Crippen LogP contribution is 2.66. The van der Waals surface area contributed by atoms with Crippen molar-refractivity contribution in [2.24, 2.45) is 0 Å². The van der Waals surface area contributed by atoms with Crippen molar-refractivity contribution in [3.05, 3.63) is 0 Å². The molecule has 24 heteroatoms. The van der Waals surface area contributed by atoms with Crippen molar-refractivity contribution < 1.29 is 96.3 Å². The normalized spacial score (nSPS) is 16.8. The average molecular weight is 591 g/mol. The molecule has 0 aromatic carbocycles. The summed E-state index contributed by atoms with van der Waals surface area (Å²) in [4.78, 5) is 0. The summed E-state index contributed by atoms with van der Waals surface area (Å²) in [7, 11) is -1.97. The largest absolute Gasteiger partial charge is 0.460 e. The van der Waals surface area contributed by atoms with Crippen LogP contribution in [0.2, 0.25) is 0 Å². The van der Waals surface area contributed by atoms with Crippen molar-refractivity contribution >= 4 is 20.2 Å². The lowest BCUT2D eigenvalue weighted by Crippen LogP contribution is -2.77. The van der Waals surface area contributed by atoms with E-state index in [0.717, 1.165) is 0 Å². The zero-order valence-corrected chi connectivity index (χ0v) is 16.3. The molecule has 201 valence electrons. The van der Waals surface area contributed by atoms with Crippen LogP contribution in [0.25, 0.3) is 0 Å². The standard InChI is InChI=1S/C10F21OSi2/c11-1(12,3(15,16)5(19,20)7(23,24)9(27,28)29)2(13,14)4(17,18)6(21,22)8(25,26)10(30,31)34-32-33. The molecule has 0 fully saturated rings. The fourth-order valence-corrected chi connectivity index (χ4v) is 2.48. The van der Waals surface area contributed by atoms with E-state index >= 15 is 0 Å². The highest BCUT2D eigenvalue weighted by Gasteiger charge is 2.97. The molecule has 0 unspecified atom stereocenters. The van der Waals surface area contributed by atoms with Gasteiger partial charge in [0.25, 0.3) is 0 Å². The maximum Gasteiger partial charge on any atom is 0.460 e. The van der Waals surface area contributed by atoms with E-state index in [1.807, 2.05) is 0 Å². The second-order valence-corrected chi connectivity index (χ2v) is 7.52. The molecular weight excluding hydrogens is 591 g/mol. The molecule has 34 heavy (non-hydrogen) atoms. The van der Waals surface area contributed by atoms with Gasteiger partial charge in [0.15, 0.2) is 0 Å². The molecule has 0 spiro atoms. The number of alkyl halides is 21. The molecule has 5 radical (unpaired) electrons. The fourth-order valence-electron chi connectivity index (χ4n) is 1.69. The van der Waals surface area contributed by atoms with Crippen LogP contribution in [0.15, 0.2) is 0 Å². The van der Waals surface area contributed by atoms with E-state index in [4.69, 9.17) is 0 Å². The second kappa shape index (κ2) is 8.22. The van der Waals surface area contributed by atoms with Crippen LogP contribution < -0.4 is 0 Å². The Bertz CT molecular complexity index is 738. The first-order chi connectivity index (χ1) is 14.3. The molecule has 0 aliphatic carbocycles. The minimum absolute atomic E-state index is 1.45. The first-order valence-electron chi connectivity index (χ1n) is 6.88. The first-order valence-corrected chi connectivity index (χ1v) is 8.19. The van der Waals surface area contributed by atoms with Gasteiger partial charge in [0.2, 0.25) is 10.5 Å². The molecule has 0 heterocycles. The maximum absolute atomic E-state index is 13.4. The van der Waals surface area contributed by atoms with Gasteiger partial charge in [-0.15, -0.1) is 0 Å². The molecule has 0 aliphatic rings. The lowest BCUT2D eigenvalue weighted by molar-refractivity contribution is -0.472. The molecule has 0 saturated carbocycles. The molecule has 0 N–H and O–H groups in total. The highest BCUT2D eigenvalue weighted by atomic mass is 28.3. The van der Waals surface area contributed by atoms with Crippen molar-refractivity contribution in [3.8, 4) is 0 Å². The quantitative estimate of drug-likeness (QED) is 0.226. The van der Waals surface area contributed by atoms with Crippen LogP contribution in [0.1, 0.15) is 0 Å². The van der Waals surface area contributed by atoms with Gasteiger partial charge in [0.1, 0.15) is 0 Å². The topological polar surface area (TPSA) is 9.23 Å². The van der Waals surface area contributed by atoms with Crippen LogP contribution >= 0.6 is 0 Å². The van der Waals surface area contributed by atoms with Crippen molar-refractivity contribution in [2.45, 2.75) is 59.1 Å². The summed E-state index contributed by atoms with van der Waals surface area (Å²) in [6.45, 7) is 0. The number of hydrogen-bond donors (Lipinski definition) is 0. The van der Waals surface area contributed by atoms with Gasteiger partial charge < -0.3 is 4.12 Å². The van der Waals surface area contributed by atoms with Crippen LogP contribution in [0.4, 0.5) is 92.2 Å². The predicted octanol–water partition coefficient (Wildman–Crippen LogP) is 5.94. The Kier molecular flexibility index (Phi) is 7.96. The van der Waals surface area contributed by atoms with E-state index < -0.39 is 68.9 Å². The fraction of sp³-hybridized carbons (Fsp3) is 1.00. The van der Waals surface area contributed by atoms with E-state index in [9.17, 15) is 92.2 Å². The molecule has 0 saturated heterocycles. The van der Waals surface area contributed by atoms with Crippen molar-refractivity contribution in [1.82, 2.24) is 0 Å². The smallest absolute Gasteiger partial charge is 0.453 e. The molecule has 0 aliphatic heterocycles. The van der Waals surface area contributed by atoms with Gasteiger partial charge in [0, 0.05) is 0 Å². The van der Waals surface area contributed by atoms with Gasteiger partial charge in [-0.2, -0.15) is 83.4 Å². The van der Waals surface area contributed by atoms with Crippen LogP contribution in [0.3, 0.4) is 0 Å². The van der Waals surface area contributed by atoms with E-state index in [2.05, 4.69) is 4.12 Å².